The maximum atomic E-state index is 10.6. The van der Waals surface area contributed by atoms with Gasteiger partial charge >= 0.3 is 0 Å². The van der Waals surface area contributed by atoms with Crippen molar-refractivity contribution in [1.29, 1.82) is 0 Å². The molecule has 3 nitrogen and oxygen atoms in total. The van der Waals surface area contributed by atoms with Gasteiger partial charge in [-0.25, -0.2) is 0 Å². The van der Waals surface area contributed by atoms with Gasteiger partial charge in [-0.2, -0.15) is 0 Å². The highest BCUT2D eigenvalue weighted by Gasteiger charge is 2.05. The summed E-state index contributed by atoms with van der Waals surface area (Å²) in [6.45, 7) is 0. The van der Waals surface area contributed by atoms with Gasteiger partial charge in [0.05, 0.1) is 4.92 Å². The number of non-ortho nitro benzene ring substituents is 1. The third kappa shape index (κ3) is 2.79. The van der Waals surface area contributed by atoms with Crippen LogP contribution in [-0.4, -0.2) is 4.92 Å². The number of rotatable bonds is 2. The van der Waals surface area contributed by atoms with Gasteiger partial charge < -0.3 is 0 Å². The van der Waals surface area contributed by atoms with Crippen LogP contribution in [0.4, 0.5) is 5.69 Å². The first kappa shape index (κ1) is 12.6. The Kier molecular flexibility index (Phi) is 4.42. The minimum absolute atomic E-state index is 0. The standard InChI is InChI=1S/C12H9NO2.HI/c14-13(15)12-8-4-7-11(9-12)10-5-2-1-3-6-10;/h1-9H;1H. The van der Waals surface area contributed by atoms with Crippen molar-refractivity contribution in [3.05, 3.63) is 64.7 Å². The third-order valence-electron chi connectivity index (χ3n) is 2.16. The first-order chi connectivity index (χ1) is 7.27. The van der Waals surface area contributed by atoms with Crippen molar-refractivity contribution in [3.63, 3.8) is 0 Å². The van der Waals surface area contributed by atoms with E-state index in [0.29, 0.717) is 0 Å². The number of nitro groups is 1. The molecule has 2 aromatic carbocycles. The number of hydrogen-bond acceptors (Lipinski definition) is 2. The molecule has 0 saturated heterocycles. The van der Waals surface area contributed by atoms with Gasteiger partial charge in [0.25, 0.3) is 5.69 Å². The van der Waals surface area contributed by atoms with Crippen LogP contribution in [0, 0.1) is 10.1 Å². The Bertz CT molecular complexity index is 485. The second-order valence-corrected chi connectivity index (χ2v) is 3.17. The highest BCUT2D eigenvalue weighted by Crippen LogP contribution is 2.23. The second kappa shape index (κ2) is 5.60. The molecule has 0 spiro atoms. The highest BCUT2D eigenvalue weighted by atomic mass is 127. The summed E-state index contributed by atoms with van der Waals surface area (Å²) in [6, 6.07) is 16.2. The van der Waals surface area contributed by atoms with E-state index >= 15 is 0 Å². The van der Waals surface area contributed by atoms with Crippen LogP contribution in [0.1, 0.15) is 0 Å². The molecule has 2 aromatic rings. The molecule has 16 heavy (non-hydrogen) atoms. The number of benzene rings is 2. The van der Waals surface area contributed by atoms with Crippen LogP contribution in [0.15, 0.2) is 54.6 Å². The summed E-state index contributed by atoms with van der Waals surface area (Å²) in [5, 5.41) is 10.6. The van der Waals surface area contributed by atoms with E-state index < -0.39 is 0 Å². The summed E-state index contributed by atoms with van der Waals surface area (Å²) >= 11 is 0. The number of hydrogen-bond donors (Lipinski definition) is 0. The van der Waals surface area contributed by atoms with Gasteiger partial charge in [0.15, 0.2) is 0 Å². The number of nitro benzene ring substituents is 1. The quantitative estimate of drug-likeness (QED) is 0.477. The summed E-state index contributed by atoms with van der Waals surface area (Å²) in [4.78, 5) is 10.2. The lowest BCUT2D eigenvalue weighted by Crippen LogP contribution is -1.87. The molecule has 82 valence electrons. The van der Waals surface area contributed by atoms with Crippen molar-refractivity contribution < 1.29 is 4.92 Å². The van der Waals surface area contributed by atoms with E-state index in [9.17, 15) is 10.1 Å². The van der Waals surface area contributed by atoms with Gasteiger partial charge in [-0.15, -0.1) is 24.0 Å². The first-order valence-electron chi connectivity index (χ1n) is 4.57. The van der Waals surface area contributed by atoms with Gasteiger partial charge in [-0.3, -0.25) is 10.1 Å². The number of halogens is 1. The minimum Gasteiger partial charge on any atom is -0.258 e. The van der Waals surface area contributed by atoms with Gasteiger partial charge in [-0.1, -0.05) is 42.5 Å². The zero-order chi connectivity index (χ0) is 10.7. The van der Waals surface area contributed by atoms with Crippen molar-refractivity contribution in [2.45, 2.75) is 0 Å². The summed E-state index contributed by atoms with van der Waals surface area (Å²) in [7, 11) is 0. The molecule has 0 fully saturated rings. The Morgan fingerprint density at radius 3 is 2.12 bits per heavy atom. The van der Waals surface area contributed by atoms with E-state index in [1.165, 1.54) is 6.07 Å². The Morgan fingerprint density at radius 2 is 1.50 bits per heavy atom. The van der Waals surface area contributed by atoms with Crippen molar-refractivity contribution in [3.8, 4) is 11.1 Å². The number of nitrogens with zero attached hydrogens (tertiary/aromatic N) is 1. The fourth-order valence-electron chi connectivity index (χ4n) is 1.43. The zero-order valence-electron chi connectivity index (χ0n) is 8.37. The average molecular weight is 327 g/mol. The lowest BCUT2D eigenvalue weighted by molar-refractivity contribution is -0.384. The largest absolute Gasteiger partial charge is 0.270 e. The van der Waals surface area contributed by atoms with Crippen molar-refractivity contribution >= 4 is 29.7 Å². The van der Waals surface area contributed by atoms with E-state index in [0.717, 1.165) is 11.1 Å². The molecular formula is C12H10INO2. The fraction of sp³-hybridized carbons (Fsp3) is 0. The topological polar surface area (TPSA) is 43.1 Å². The molecule has 0 unspecified atom stereocenters. The molecule has 0 saturated carbocycles. The lowest BCUT2D eigenvalue weighted by Gasteiger charge is -2.00. The maximum absolute atomic E-state index is 10.6. The minimum atomic E-state index is -0.382. The van der Waals surface area contributed by atoms with Crippen molar-refractivity contribution in [1.82, 2.24) is 0 Å². The van der Waals surface area contributed by atoms with E-state index in [1.807, 2.05) is 36.4 Å². The highest BCUT2D eigenvalue weighted by molar-refractivity contribution is 14.0. The molecule has 0 aromatic heterocycles. The van der Waals surface area contributed by atoms with Crippen LogP contribution in [0.2, 0.25) is 0 Å². The molecule has 0 N–H and O–H groups in total. The molecule has 0 bridgehead atoms. The molecule has 0 heterocycles. The Hall–Kier alpha value is -1.43. The predicted octanol–water partition coefficient (Wildman–Crippen LogP) is 3.88. The lowest BCUT2D eigenvalue weighted by atomic mass is 10.1. The van der Waals surface area contributed by atoms with Gasteiger partial charge in [0.2, 0.25) is 0 Å². The van der Waals surface area contributed by atoms with Crippen LogP contribution >= 0.6 is 24.0 Å². The molecule has 0 atom stereocenters. The molecule has 0 aliphatic carbocycles. The van der Waals surface area contributed by atoms with Gasteiger partial charge in [-0.05, 0) is 11.1 Å². The Morgan fingerprint density at radius 1 is 0.875 bits per heavy atom. The monoisotopic (exact) mass is 327 g/mol. The van der Waals surface area contributed by atoms with Crippen LogP contribution in [-0.2, 0) is 0 Å². The normalized spacial score (nSPS) is 9.25. The molecule has 0 radical (unpaired) electrons. The van der Waals surface area contributed by atoms with E-state index in [1.54, 1.807) is 12.1 Å². The predicted molar refractivity (Wildman–Crippen MR) is 73.9 cm³/mol. The molecule has 0 aliphatic rings. The van der Waals surface area contributed by atoms with Crippen LogP contribution in [0.5, 0.6) is 0 Å². The molecule has 4 heteroatoms. The van der Waals surface area contributed by atoms with Crippen molar-refractivity contribution in [2.75, 3.05) is 0 Å². The average Bonchev–Trinajstić information content (AvgIpc) is 2.30. The third-order valence-corrected chi connectivity index (χ3v) is 2.16. The summed E-state index contributed by atoms with van der Waals surface area (Å²) in [5.41, 5.74) is 1.97. The van der Waals surface area contributed by atoms with Crippen LogP contribution in [0.25, 0.3) is 11.1 Å². The summed E-state index contributed by atoms with van der Waals surface area (Å²) in [6.07, 6.45) is 0. The van der Waals surface area contributed by atoms with Crippen molar-refractivity contribution in [2.24, 2.45) is 0 Å². The smallest absolute Gasteiger partial charge is 0.258 e. The van der Waals surface area contributed by atoms with E-state index in [2.05, 4.69) is 0 Å². The molecule has 0 amide bonds. The SMILES string of the molecule is I.O=[N+]([O-])c1cccc(-c2ccccc2)c1. The second-order valence-electron chi connectivity index (χ2n) is 3.17. The van der Waals surface area contributed by atoms with Gasteiger partial charge in [0.1, 0.15) is 0 Å². The molecule has 2 rings (SSSR count). The Balaban J connectivity index is 0.00000128. The fourth-order valence-corrected chi connectivity index (χ4v) is 1.43. The van der Waals surface area contributed by atoms with Crippen LogP contribution in [0.3, 0.4) is 0 Å². The van der Waals surface area contributed by atoms with Gasteiger partial charge in [0, 0.05) is 12.1 Å². The zero-order valence-corrected chi connectivity index (χ0v) is 10.7. The Labute approximate surface area is 110 Å². The van der Waals surface area contributed by atoms with Crippen LogP contribution < -0.4 is 0 Å². The summed E-state index contributed by atoms with van der Waals surface area (Å²) in [5.74, 6) is 0. The van der Waals surface area contributed by atoms with E-state index in [-0.39, 0.29) is 34.6 Å². The molecule has 0 aliphatic heterocycles. The first-order valence-corrected chi connectivity index (χ1v) is 4.57. The summed E-state index contributed by atoms with van der Waals surface area (Å²) < 4.78 is 0. The van der Waals surface area contributed by atoms with E-state index in [4.69, 9.17) is 0 Å². The molecular weight excluding hydrogens is 317 g/mol. The maximum Gasteiger partial charge on any atom is 0.270 e.